The molecule has 0 bridgehead atoms. The van der Waals surface area contributed by atoms with Crippen LogP contribution in [0.4, 0.5) is 0 Å². The Morgan fingerprint density at radius 2 is 2.00 bits per heavy atom. The maximum atomic E-state index is 7.68. The van der Waals surface area contributed by atoms with Crippen LogP contribution in [0.15, 0.2) is 24.2 Å². The van der Waals surface area contributed by atoms with Crippen molar-refractivity contribution in [1.29, 1.82) is 0 Å². The molecule has 0 fully saturated rings. The van der Waals surface area contributed by atoms with Gasteiger partial charge in [0.2, 0.25) is 0 Å². The third kappa shape index (κ3) is 4.12. The Hall–Kier alpha value is -0.780. The number of hydrogen-bond acceptors (Lipinski definition) is 0. The summed E-state index contributed by atoms with van der Waals surface area (Å²) >= 11 is 0. The lowest BCUT2D eigenvalue weighted by atomic mass is 10.1. The summed E-state index contributed by atoms with van der Waals surface area (Å²) in [7, 11) is 0. The first-order chi connectivity index (χ1) is 6.74. The summed E-state index contributed by atoms with van der Waals surface area (Å²) in [5.74, 6) is 0. The molecule has 0 heteroatoms. The number of unbranched alkanes of at least 4 members (excludes halogenated alkanes) is 3. The molecule has 0 aliphatic rings. The van der Waals surface area contributed by atoms with Crippen molar-refractivity contribution in [2.75, 3.05) is 0 Å². The van der Waals surface area contributed by atoms with Gasteiger partial charge in [0.15, 0.2) is 0 Å². The third-order valence-electron chi connectivity index (χ3n) is 2.35. The summed E-state index contributed by atoms with van der Waals surface area (Å²) < 4.78 is 7.68. The highest BCUT2D eigenvalue weighted by atomic mass is 14.0. The zero-order valence-electron chi connectivity index (χ0n) is 9.77. The van der Waals surface area contributed by atoms with Crippen LogP contribution in [0.2, 0.25) is 0 Å². The van der Waals surface area contributed by atoms with E-state index in [4.69, 9.17) is 1.37 Å². The van der Waals surface area contributed by atoms with Crippen LogP contribution in [0.3, 0.4) is 0 Å². The minimum absolute atomic E-state index is 0.679. The predicted molar refractivity (Wildman–Crippen MR) is 59.0 cm³/mol. The lowest BCUT2D eigenvalue weighted by Gasteiger charge is -2.01. The van der Waals surface area contributed by atoms with Crippen LogP contribution in [0.1, 0.15) is 45.1 Å². The first-order valence-corrected chi connectivity index (χ1v) is 5.30. The fraction of sp³-hybridized carbons (Fsp3) is 0.538. The summed E-state index contributed by atoms with van der Waals surface area (Å²) in [6.45, 7) is 4.22. The molecule has 0 aliphatic carbocycles. The van der Waals surface area contributed by atoms with Crippen LogP contribution in [-0.4, -0.2) is 0 Å². The van der Waals surface area contributed by atoms with Gasteiger partial charge in [-0.05, 0) is 25.3 Å². The molecule has 72 valence electrons. The quantitative estimate of drug-likeness (QED) is 0.593. The van der Waals surface area contributed by atoms with Crippen LogP contribution in [0.25, 0.3) is 0 Å². The minimum Gasteiger partial charge on any atom is -0.0654 e. The summed E-state index contributed by atoms with van der Waals surface area (Å²) in [5, 5.41) is 0. The standard InChI is InChI=1S/C13H20/c1-3-4-5-6-7-13-10-8-12(2)9-11-13/h8-11H,3-7H2,1-2H3/i8D. The van der Waals surface area contributed by atoms with Crippen molar-refractivity contribution in [3.05, 3.63) is 35.4 Å². The molecule has 1 aromatic rings. The molecular weight excluding hydrogens is 156 g/mol. The molecule has 0 aromatic heterocycles. The van der Waals surface area contributed by atoms with Crippen molar-refractivity contribution in [3.63, 3.8) is 0 Å². The summed E-state index contributed by atoms with van der Waals surface area (Å²) in [6.07, 6.45) is 6.33. The van der Waals surface area contributed by atoms with Crippen molar-refractivity contribution in [1.82, 2.24) is 0 Å². The van der Waals surface area contributed by atoms with Gasteiger partial charge in [-0.1, -0.05) is 56.0 Å². The third-order valence-corrected chi connectivity index (χ3v) is 2.35. The topological polar surface area (TPSA) is 0 Å². The Balaban J connectivity index is 2.39. The highest BCUT2D eigenvalue weighted by Gasteiger charge is 1.92. The number of hydrogen-bond donors (Lipinski definition) is 0. The van der Waals surface area contributed by atoms with Gasteiger partial charge in [-0.15, -0.1) is 0 Å². The molecule has 0 heterocycles. The van der Waals surface area contributed by atoms with E-state index in [-0.39, 0.29) is 0 Å². The normalized spacial score (nSPS) is 11.4. The molecule has 0 unspecified atom stereocenters. The molecule has 1 aromatic carbocycles. The zero-order chi connectivity index (χ0) is 10.4. The maximum absolute atomic E-state index is 7.68. The van der Waals surface area contributed by atoms with Gasteiger partial charge in [0.1, 0.15) is 0 Å². The van der Waals surface area contributed by atoms with Crippen LogP contribution in [0.5, 0.6) is 0 Å². The smallest absolute Gasteiger partial charge is 0.0626 e. The highest BCUT2D eigenvalue weighted by Crippen LogP contribution is 2.08. The molecular formula is C13H20. The van der Waals surface area contributed by atoms with Gasteiger partial charge in [0.05, 0.1) is 1.37 Å². The molecule has 13 heavy (non-hydrogen) atoms. The van der Waals surface area contributed by atoms with Gasteiger partial charge in [0, 0.05) is 0 Å². The highest BCUT2D eigenvalue weighted by molar-refractivity contribution is 5.21. The molecule has 0 nitrogen and oxygen atoms in total. The molecule has 0 N–H and O–H groups in total. The predicted octanol–water partition coefficient (Wildman–Crippen LogP) is 4.12. The van der Waals surface area contributed by atoms with Gasteiger partial charge in [-0.3, -0.25) is 0 Å². The summed E-state index contributed by atoms with van der Waals surface area (Å²) in [5.41, 5.74) is 2.39. The molecule has 0 amide bonds. The van der Waals surface area contributed by atoms with Gasteiger partial charge in [-0.25, -0.2) is 0 Å². The number of benzene rings is 1. The van der Waals surface area contributed by atoms with Gasteiger partial charge < -0.3 is 0 Å². The Morgan fingerprint density at radius 1 is 1.15 bits per heavy atom. The summed E-state index contributed by atoms with van der Waals surface area (Å²) in [6, 6.07) is 6.89. The van der Waals surface area contributed by atoms with Crippen molar-refractivity contribution < 1.29 is 1.37 Å². The molecule has 0 saturated carbocycles. The Morgan fingerprint density at radius 3 is 2.69 bits per heavy atom. The van der Waals surface area contributed by atoms with E-state index >= 15 is 0 Å². The summed E-state index contributed by atoms with van der Waals surface area (Å²) in [4.78, 5) is 0. The molecule has 0 saturated heterocycles. The van der Waals surface area contributed by atoms with Crippen LogP contribution in [0, 0.1) is 6.92 Å². The Kier molecular flexibility index (Phi) is 3.92. The van der Waals surface area contributed by atoms with Gasteiger partial charge in [0.25, 0.3) is 0 Å². The van der Waals surface area contributed by atoms with Crippen molar-refractivity contribution >= 4 is 0 Å². The Labute approximate surface area is 83.4 Å². The SMILES string of the molecule is [2H]c1cc(CCCCCC)ccc1C. The lowest BCUT2D eigenvalue weighted by molar-refractivity contribution is 0.667. The second-order valence-corrected chi connectivity index (χ2v) is 3.69. The molecule has 1 rings (SSSR count). The molecule has 0 atom stereocenters. The van der Waals surface area contributed by atoms with E-state index < -0.39 is 0 Å². The molecule has 0 radical (unpaired) electrons. The maximum Gasteiger partial charge on any atom is 0.0626 e. The zero-order valence-corrected chi connectivity index (χ0v) is 8.77. The van der Waals surface area contributed by atoms with Crippen LogP contribution >= 0.6 is 0 Å². The Bertz CT molecular complexity index is 279. The van der Waals surface area contributed by atoms with Crippen molar-refractivity contribution in [2.24, 2.45) is 0 Å². The van der Waals surface area contributed by atoms with E-state index in [9.17, 15) is 0 Å². The van der Waals surface area contributed by atoms with Crippen LogP contribution < -0.4 is 0 Å². The van der Waals surface area contributed by atoms with Crippen molar-refractivity contribution in [3.8, 4) is 0 Å². The van der Waals surface area contributed by atoms with E-state index in [1.165, 1.54) is 31.2 Å². The average molecular weight is 177 g/mol. The fourth-order valence-electron chi connectivity index (χ4n) is 1.45. The largest absolute Gasteiger partial charge is 0.0654 e. The average Bonchev–Trinajstić information content (AvgIpc) is 2.18. The van der Waals surface area contributed by atoms with Crippen LogP contribution in [-0.2, 0) is 6.42 Å². The van der Waals surface area contributed by atoms with Crippen molar-refractivity contribution in [2.45, 2.75) is 46.0 Å². The second kappa shape index (κ2) is 5.80. The fourth-order valence-corrected chi connectivity index (χ4v) is 1.45. The number of rotatable bonds is 5. The monoisotopic (exact) mass is 177 g/mol. The molecule has 0 aliphatic heterocycles. The van der Waals surface area contributed by atoms with E-state index in [0.717, 1.165) is 12.0 Å². The first kappa shape index (κ1) is 8.80. The lowest BCUT2D eigenvalue weighted by Crippen LogP contribution is -1.85. The van der Waals surface area contributed by atoms with E-state index in [0.29, 0.717) is 6.04 Å². The minimum atomic E-state index is 0.679. The van der Waals surface area contributed by atoms with Gasteiger partial charge >= 0.3 is 0 Å². The molecule has 0 spiro atoms. The van der Waals surface area contributed by atoms with E-state index in [1.54, 1.807) is 0 Å². The second-order valence-electron chi connectivity index (χ2n) is 3.69. The van der Waals surface area contributed by atoms with E-state index in [2.05, 4.69) is 19.1 Å². The number of aryl methyl sites for hydroxylation is 2. The first-order valence-electron chi connectivity index (χ1n) is 5.80. The van der Waals surface area contributed by atoms with E-state index in [1.807, 2.05) is 13.0 Å². The van der Waals surface area contributed by atoms with Gasteiger partial charge in [-0.2, -0.15) is 0 Å².